The van der Waals surface area contributed by atoms with E-state index in [1.807, 2.05) is 6.92 Å². The fourth-order valence-electron chi connectivity index (χ4n) is 1.97. The minimum atomic E-state index is -3.52. The molecule has 1 aromatic heterocycles. The molecule has 0 radical (unpaired) electrons. The molecular weight excluding hydrogens is 274 g/mol. The predicted molar refractivity (Wildman–Crippen MR) is 69.0 cm³/mol. The Hall–Kier alpha value is -0.470. The van der Waals surface area contributed by atoms with Crippen molar-refractivity contribution < 1.29 is 18.3 Å². The average Bonchev–Trinajstić information content (AvgIpc) is 3.00. The molecule has 0 aromatic carbocycles. The molecule has 0 amide bonds. The van der Waals surface area contributed by atoms with Crippen LogP contribution in [0.25, 0.3) is 0 Å². The van der Waals surface area contributed by atoms with E-state index in [-0.39, 0.29) is 23.6 Å². The van der Waals surface area contributed by atoms with Crippen molar-refractivity contribution in [1.29, 1.82) is 0 Å². The summed E-state index contributed by atoms with van der Waals surface area (Å²) in [7, 11) is -3.52. The van der Waals surface area contributed by atoms with Gasteiger partial charge in [0.1, 0.15) is 0 Å². The first-order valence-corrected chi connectivity index (χ1v) is 8.21. The van der Waals surface area contributed by atoms with Crippen molar-refractivity contribution in [3.05, 3.63) is 16.3 Å². The van der Waals surface area contributed by atoms with Crippen LogP contribution in [0.15, 0.2) is 16.3 Å². The van der Waals surface area contributed by atoms with Gasteiger partial charge in [0.25, 0.3) is 0 Å². The molecule has 7 heteroatoms. The van der Waals surface area contributed by atoms with E-state index in [0.717, 1.165) is 12.8 Å². The number of hydrogen-bond donors (Lipinski definition) is 2. The van der Waals surface area contributed by atoms with Crippen LogP contribution in [0, 0.1) is 0 Å². The minimum Gasteiger partial charge on any atom is -0.391 e. The third kappa shape index (κ3) is 3.10. The van der Waals surface area contributed by atoms with Gasteiger partial charge in [-0.1, -0.05) is 0 Å². The van der Waals surface area contributed by atoms with Crippen molar-refractivity contribution in [2.75, 3.05) is 6.61 Å². The Morgan fingerprint density at radius 2 is 2.44 bits per heavy atom. The Morgan fingerprint density at radius 3 is 3.00 bits per heavy atom. The highest BCUT2D eigenvalue weighted by Gasteiger charge is 2.27. The molecule has 1 aliphatic rings. The number of hydrogen-bond acceptors (Lipinski definition) is 5. The van der Waals surface area contributed by atoms with E-state index in [1.165, 1.54) is 22.8 Å². The number of aliphatic hydroxyl groups excluding tert-OH is 1. The highest BCUT2D eigenvalue weighted by molar-refractivity contribution is 7.89. The Bertz CT molecular complexity index is 491. The molecule has 2 atom stereocenters. The Labute approximate surface area is 111 Å². The standard InChI is InChI=1S/C11H17NO4S2/c1-8(11-3-2-4-16-11)12-18(14,15)10-5-9(6-13)17-7-10/h5,7-8,11-13H,2-4,6H2,1H3. The second kappa shape index (κ2) is 5.66. The van der Waals surface area contributed by atoms with Crippen LogP contribution in [-0.4, -0.2) is 32.3 Å². The lowest BCUT2D eigenvalue weighted by molar-refractivity contribution is 0.0902. The molecule has 18 heavy (non-hydrogen) atoms. The summed E-state index contributed by atoms with van der Waals surface area (Å²) < 4.78 is 32.3. The molecule has 0 spiro atoms. The molecule has 1 fully saturated rings. The molecule has 1 aliphatic heterocycles. The molecule has 5 nitrogen and oxygen atoms in total. The topological polar surface area (TPSA) is 75.6 Å². The maximum atomic E-state index is 12.1. The Morgan fingerprint density at radius 1 is 1.67 bits per heavy atom. The molecule has 102 valence electrons. The van der Waals surface area contributed by atoms with E-state index in [1.54, 1.807) is 0 Å². The Balaban J connectivity index is 2.06. The van der Waals surface area contributed by atoms with Gasteiger partial charge in [0.05, 0.1) is 17.6 Å². The van der Waals surface area contributed by atoms with Crippen LogP contribution in [-0.2, 0) is 21.4 Å². The number of ether oxygens (including phenoxy) is 1. The van der Waals surface area contributed by atoms with Gasteiger partial charge in [-0.15, -0.1) is 11.3 Å². The fraction of sp³-hybridized carbons (Fsp3) is 0.636. The second-order valence-corrected chi connectivity index (χ2v) is 7.08. The van der Waals surface area contributed by atoms with Crippen molar-refractivity contribution >= 4 is 21.4 Å². The van der Waals surface area contributed by atoms with Crippen molar-refractivity contribution in [3.8, 4) is 0 Å². The van der Waals surface area contributed by atoms with Gasteiger partial charge in [-0.25, -0.2) is 13.1 Å². The zero-order valence-electron chi connectivity index (χ0n) is 10.1. The molecule has 1 saturated heterocycles. The van der Waals surface area contributed by atoms with Gasteiger partial charge >= 0.3 is 0 Å². The number of rotatable bonds is 5. The highest BCUT2D eigenvalue weighted by atomic mass is 32.2. The smallest absolute Gasteiger partial charge is 0.241 e. The van der Waals surface area contributed by atoms with Gasteiger partial charge in [0.15, 0.2) is 0 Å². The van der Waals surface area contributed by atoms with Gasteiger partial charge in [0, 0.05) is 22.9 Å². The normalized spacial score (nSPS) is 22.2. The average molecular weight is 291 g/mol. The van der Waals surface area contributed by atoms with Crippen LogP contribution in [0.3, 0.4) is 0 Å². The zero-order chi connectivity index (χ0) is 13.2. The van der Waals surface area contributed by atoms with Crippen molar-refractivity contribution in [2.24, 2.45) is 0 Å². The summed E-state index contributed by atoms with van der Waals surface area (Å²) in [4.78, 5) is 0.849. The monoisotopic (exact) mass is 291 g/mol. The van der Waals surface area contributed by atoms with Gasteiger partial charge < -0.3 is 9.84 Å². The summed E-state index contributed by atoms with van der Waals surface area (Å²) in [5.74, 6) is 0. The van der Waals surface area contributed by atoms with Gasteiger partial charge in [0.2, 0.25) is 10.0 Å². The highest BCUT2D eigenvalue weighted by Crippen LogP contribution is 2.21. The Kier molecular flexibility index (Phi) is 4.39. The van der Waals surface area contributed by atoms with Crippen molar-refractivity contribution in [2.45, 2.75) is 43.4 Å². The molecule has 1 aromatic rings. The van der Waals surface area contributed by atoms with Crippen LogP contribution in [0.2, 0.25) is 0 Å². The van der Waals surface area contributed by atoms with Crippen molar-refractivity contribution in [3.63, 3.8) is 0 Å². The summed E-state index contributed by atoms with van der Waals surface area (Å²) in [6.45, 7) is 2.37. The fourth-order valence-corrected chi connectivity index (χ4v) is 4.38. The van der Waals surface area contributed by atoms with Gasteiger partial charge in [-0.3, -0.25) is 0 Å². The summed E-state index contributed by atoms with van der Waals surface area (Å²) >= 11 is 1.24. The summed E-state index contributed by atoms with van der Waals surface area (Å²) in [6.07, 6.45) is 1.81. The number of nitrogens with one attached hydrogen (secondary N) is 1. The lowest BCUT2D eigenvalue weighted by Gasteiger charge is -2.19. The molecule has 0 saturated carbocycles. The van der Waals surface area contributed by atoms with Crippen LogP contribution in [0.1, 0.15) is 24.6 Å². The number of thiophene rings is 1. The molecule has 2 N–H and O–H groups in total. The molecule has 0 aliphatic carbocycles. The summed E-state index contributed by atoms with van der Waals surface area (Å²) in [5, 5.41) is 10.5. The lowest BCUT2D eigenvalue weighted by atomic mass is 10.1. The second-order valence-electron chi connectivity index (χ2n) is 4.37. The number of aliphatic hydroxyl groups is 1. The number of sulfonamides is 1. The maximum absolute atomic E-state index is 12.1. The van der Waals surface area contributed by atoms with E-state index in [4.69, 9.17) is 9.84 Å². The first kappa shape index (κ1) is 14.0. The summed E-state index contributed by atoms with van der Waals surface area (Å²) in [5.41, 5.74) is 0. The minimum absolute atomic E-state index is 0.0456. The third-order valence-electron chi connectivity index (χ3n) is 2.96. The molecule has 2 unspecified atom stereocenters. The molecule has 0 bridgehead atoms. The van der Waals surface area contributed by atoms with Crippen LogP contribution < -0.4 is 4.72 Å². The zero-order valence-corrected chi connectivity index (χ0v) is 11.8. The SMILES string of the molecule is CC(NS(=O)(=O)c1csc(CO)c1)C1CCCO1. The van der Waals surface area contributed by atoms with Gasteiger partial charge in [-0.2, -0.15) is 0 Å². The maximum Gasteiger partial charge on any atom is 0.241 e. The predicted octanol–water partition coefficient (Wildman–Crippen LogP) is 1.09. The van der Waals surface area contributed by atoms with Crippen LogP contribution >= 0.6 is 11.3 Å². The van der Waals surface area contributed by atoms with E-state index >= 15 is 0 Å². The largest absolute Gasteiger partial charge is 0.391 e. The van der Waals surface area contributed by atoms with Gasteiger partial charge in [-0.05, 0) is 25.8 Å². The molecular formula is C11H17NO4S2. The van der Waals surface area contributed by atoms with E-state index < -0.39 is 10.0 Å². The van der Waals surface area contributed by atoms with Crippen molar-refractivity contribution in [1.82, 2.24) is 4.72 Å². The first-order valence-electron chi connectivity index (χ1n) is 5.85. The van der Waals surface area contributed by atoms with E-state index in [0.29, 0.717) is 11.5 Å². The van der Waals surface area contributed by atoms with Crippen LogP contribution in [0.4, 0.5) is 0 Å². The van der Waals surface area contributed by atoms with E-state index in [2.05, 4.69) is 4.72 Å². The third-order valence-corrected chi connectivity index (χ3v) is 5.57. The summed E-state index contributed by atoms with van der Waals surface area (Å²) in [6, 6.07) is 1.25. The quantitative estimate of drug-likeness (QED) is 0.851. The molecule has 2 rings (SSSR count). The molecule has 2 heterocycles. The van der Waals surface area contributed by atoms with Crippen LogP contribution in [0.5, 0.6) is 0 Å². The van der Waals surface area contributed by atoms with E-state index in [9.17, 15) is 8.42 Å². The lowest BCUT2D eigenvalue weighted by Crippen LogP contribution is -2.40. The first-order chi connectivity index (χ1) is 8.53.